The highest BCUT2D eigenvalue weighted by Gasteiger charge is 2.25. The number of anilines is 2. The van der Waals surface area contributed by atoms with Crippen molar-refractivity contribution in [3.05, 3.63) is 77.4 Å². The van der Waals surface area contributed by atoms with E-state index < -0.39 is 38.4 Å². The largest absolute Gasteiger partial charge is 0.445 e. The summed E-state index contributed by atoms with van der Waals surface area (Å²) in [5.74, 6) is -2.86. The van der Waals surface area contributed by atoms with Crippen molar-refractivity contribution in [2.24, 2.45) is 0 Å². The lowest BCUT2D eigenvalue weighted by atomic mass is 10.1. The summed E-state index contributed by atoms with van der Waals surface area (Å²) in [7, 11) is -1.41. The number of hydrogen-bond acceptors (Lipinski definition) is 10. The standard InChI is InChI=1S/C33H37F2N5O7S/c1-21(20-46-3)36-29-14-22(19-39-10-4-5-11-39)6-8-27(29)32(41)37-31-28-18-25(48(43,44)26-16-23(34)15-24(35)17-26)7-9-30(28)40(38-31)33(42)47-13-12-45-2/h6-9,14-18,21,36H,4-5,10-13,19-20H2,1-3H3,(H,37,38,41)/t21-/m0/s1. The zero-order chi connectivity index (χ0) is 34.4. The van der Waals surface area contributed by atoms with E-state index in [-0.39, 0.29) is 46.4 Å². The molecule has 2 N–H and O–H groups in total. The number of methoxy groups -OCH3 is 2. The van der Waals surface area contributed by atoms with E-state index in [2.05, 4.69) is 20.6 Å². The minimum Gasteiger partial charge on any atom is -0.445 e. The molecule has 2 heterocycles. The molecule has 15 heteroatoms. The normalized spacial score (nSPS) is 14.3. The topological polar surface area (TPSA) is 141 Å². The van der Waals surface area contributed by atoms with Crippen LogP contribution in [0.2, 0.25) is 0 Å². The second-order valence-electron chi connectivity index (χ2n) is 11.5. The van der Waals surface area contributed by atoms with Gasteiger partial charge in [0.05, 0.1) is 34.1 Å². The quantitative estimate of drug-likeness (QED) is 0.183. The van der Waals surface area contributed by atoms with Crippen LogP contribution in [0, 0.1) is 11.6 Å². The molecule has 256 valence electrons. The number of halogens is 2. The lowest BCUT2D eigenvalue weighted by molar-refractivity contribution is 0.0980. The van der Waals surface area contributed by atoms with Crippen molar-refractivity contribution < 1.29 is 41.0 Å². The number of amides is 1. The van der Waals surface area contributed by atoms with Gasteiger partial charge in [-0.3, -0.25) is 9.69 Å². The SMILES string of the molecule is COCCOC(=O)n1nc(NC(=O)c2ccc(CN3CCCC3)cc2N[C@@H](C)COC)c2cc(S(=O)(=O)c3cc(F)cc(F)c3)ccc21. The molecule has 0 spiro atoms. The number of carbonyl (C=O) groups is 2. The lowest BCUT2D eigenvalue weighted by Gasteiger charge is -2.20. The van der Waals surface area contributed by atoms with Gasteiger partial charge in [-0.25, -0.2) is 22.0 Å². The van der Waals surface area contributed by atoms with Gasteiger partial charge in [0, 0.05) is 43.9 Å². The van der Waals surface area contributed by atoms with Gasteiger partial charge in [0.2, 0.25) is 9.84 Å². The Morgan fingerprint density at radius 3 is 2.35 bits per heavy atom. The van der Waals surface area contributed by atoms with Gasteiger partial charge >= 0.3 is 6.09 Å². The van der Waals surface area contributed by atoms with Crippen LogP contribution in [0.4, 0.5) is 25.1 Å². The van der Waals surface area contributed by atoms with Gasteiger partial charge in [0.25, 0.3) is 5.91 Å². The molecular weight excluding hydrogens is 648 g/mol. The monoisotopic (exact) mass is 685 g/mol. The Bertz CT molecular complexity index is 1890. The Morgan fingerprint density at radius 1 is 0.938 bits per heavy atom. The van der Waals surface area contributed by atoms with Crippen molar-refractivity contribution in [3.63, 3.8) is 0 Å². The summed E-state index contributed by atoms with van der Waals surface area (Å²) in [6, 6.07) is 10.9. The zero-order valence-electron chi connectivity index (χ0n) is 26.8. The van der Waals surface area contributed by atoms with E-state index in [0.29, 0.717) is 30.5 Å². The van der Waals surface area contributed by atoms with E-state index in [1.807, 2.05) is 19.1 Å². The molecule has 1 fully saturated rings. The Hall–Kier alpha value is -4.44. The van der Waals surface area contributed by atoms with Crippen LogP contribution >= 0.6 is 0 Å². The molecule has 0 unspecified atom stereocenters. The first-order chi connectivity index (χ1) is 23.0. The van der Waals surface area contributed by atoms with Gasteiger partial charge in [0.15, 0.2) is 5.82 Å². The molecular formula is C33H37F2N5O7S. The Morgan fingerprint density at radius 2 is 1.67 bits per heavy atom. The molecule has 0 radical (unpaired) electrons. The van der Waals surface area contributed by atoms with E-state index in [1.165, 1.54) is 25.3 Å². The third kappa shape index (κ3) is 7.98. The molecule has 0 saturated carbocycles. The first-order valence-corrected chi connectivity index (χ1v) is 16.8. The highest BCUT2D eigenvalue weighted by atomic mass is 32.2. The number of aromatic nitrogens is 2. The fourth-order valence-corrected chi connectivity index (χ4v) is 6.86. The molecule has 1 aliphatic rings. The fraction of sp³-hybridized carbons (Fsp3) is 0.364. The fourth-order valence-electron chi connectivity index (χ4n) is 5.53. The van der Waals surface area contributed by atoms with Crippen molar-refractivity contribution in [3.8, 4) is 0 Å². The maximum absolute atomic E-state index is 14.0. The summed E-state index contributed by atoms with van der Waals surface area (Å²) in [4.78, 5) is 28.2. The predicted molar refractivity (Wildman–Crippen MR) is 174 cm³/mol. The summed E-state index contributed by atoms with van der Waals surface area (Å²) in [6.07, 6.45) is 1.38. The number of rotatable bonds is 13. The number of ether oxygens (including phenoxy) is 3. The van der Waals surface area contributed by atoms with E-state index in [0.717, 1.165) is 42.7 Å². The number of benzene rings is 3. The summed E-state index contributed by atoms with van der Waals surface area (Å²) < 4.78 is 71.1. The maximum Gasteiger partial charge on any atom is 0.435 e. The molecule has 12 nitrogen and oxygen atoms in total. The molecule has 5 rings (SSSR count). The van der Waals surface area contributed by atoms with E-state index >= 15 is 0 Å². The number of nitrogens with one attached hydrogen (secondary N) is 2. The molecule has 1 amide bonds. The van der Waals surface area contributed by atoms with E-state index in [9.17, 15) is 26.8 Å². The summed E-state index contributed by atoms with van der Waals surface area (Å²) >= 11 is 0. The molecule has 1 aromatic heterocycles. The average Bonchev–Trinajstić information content (AvgIpc) is 3.68. The molecule has 48 heavy (non-hydrogen) atoms. The minimum absolute atomic E-state index is 0.0675. The molecule has 3 aromatic carbocycles. The summed E-state index contributed by atoms with van der Waals surface area (Å²) in [5, 5.41) is 10.4. The molecule has 4 aromatic rings. The highest BCUT2D eigenvalue weighted by molar-refractivity contribution is 7.91. The second kappa shape index (κ2) is 15.2. The van der Waals surface area contributed by atoms with Gasteiger partial charge in [-0.15, -0.1) is 5.10 Å². The summed E-state index contributed by atoms with van der Waals surface area (Å²) in [5.41, 5.74) is 1.95. The highest BCUT2D eigenvalue weighted by Crippen LogP contribution is 2.31. The van der Waals surface area contributed by atoms with Crippen LogP contribution < -0.4 is 10.6 Å². The number of carbonyl (C=O) groups excluding carboxylic acids is 2. The van der Waals surface area contributed by atoms with Crippen molar-refractivity contribution in [2.75, 3.05) is 57.8 Å². The van der Waals surface area contributed by atoms with Crippen LogP contribution in [-0.4, -0.2) is 88.3 Å². The van der Waals surface area contributed by atoms with Gasteiger partial charge in [-0.05, 0) is 80.9 Å². The Balaban J connectivity index is 1.54. The van der Waals surface area contributed by atoms with Crippen LogP contribution in [-0.2, 0) is 30.6 Å². The van der Waals surface area contributed by atoms with Crippen LogP contribution in [0.3, 0.4) is 0 Å². The number of sulfone groups is 1. The number of fused-ring (bicyclic) bond motifs is 1. The Labute approximate surface area is 276 Å². The van der Waals surface area contributed by atoms with Crippen LogP contribution in [0.5, 0.6) is 0 Å². The number of likely N-dealkylation sites (tertiary alicyclic amines) is 1. The van der Waals surface area contributed by atoms with Crippen LogP contribution in [0.25, 0.3) is 10.9 Å². The molecule has 0 aliphatic carbocycles. The molecule has 1 atom stereocenters. The molecule has 0 bridgehead atoms. The van der Waals surface area contributed by atoms with Crippen molar-refractivity contribution >= 4 is 44.2 Å². The van der Waals surface area contributed by atoms with Crippen LogP contribution in [0.15, 0.2) is 64.4 Å². The summed E-state index contributed by atoms with van der Waals surface area (Å²) in [6.45, 7) is 5.04. The second-order valence-corrected chi connectivity index (χ2v) is 13.4. The first-order valence-electron chi connectivity index (χ1n) is 15.3. The number of nitrogens with zero attached hydrogens (tertiary/aromatic N) is 3. The average molecular weight is 686 g/mol. The smallest absolute Gasteiger partial charge is 0.435 e. The van der Waals surface area contributed by atoms with Crippen molar-refractivity contribution in [1.82, 2.24) is 14.7 Å². The number of hydrogen-bond donors (Lipinski definition) is 2. The van der Waals surface area contributed by atoms with Crippen molar-refractivity contribution in [2.45, 2.75) is 42.1 Å². The van der Waals surface area contributed by atoms with Gasteiger partial charge < -0.3 is 24.8 Å². The van der Waals surface area contributed by atoms with Gasteiger partial charge in [-0.1, -0.05) is 6.07 Å². The molecule has 1 saturated heterocycles. The third-order valence-corrected chi connectivity index (χ3v) is 9.51. The minimum atomic E-state index is -4.43. The predicted octanol–water partition coefficient (Wildman–Crippen LogP) is 5.07. The van der Waals surface area contributed by atoms with E-state index in [1.54, 1.807) is 13.2 Å². The van der Waals surface area contributed by atoms with Gasteiger partial charge in [-0.2, -0.15) is 4.68 Å². The maximum atomic E-state index is 14.0. The molecule has 1 aliphatic heterocycles. The third-order valence-electron chi connectivity index (χ3n) is 7.78. The lowest BCUT2D eigenvalue weighted by Crippen LogP contribution is -2.24. The van der Waals surface area contributed by atoms with E-state index in [4.69, 9.17) is 14.2 Å². The first kappa shape index (κ1) is 34.9. The van der Waals surface area contributed by atoms with Gasteiger partial charge in [0.1, 0.15) is 18.2 Å². The Kier molecular flexibility index (Phi) is 11.0. The van der Waals surface area contributed by atoms with Crippen molar-refractivity contribution in [1.29, 1.82) is 0 Å². The zero-order valence-corrected chi connectivity index (χ0v) is 27.6. The van der Waals surface area contributed by atoms with Crippen LogP contribution in [0.1, 0.15) is 35.7 Å².